The first kappa shape index (κ1) is 13.9. The third kappa shape index (κ3) is 4.30. The van der Waals surface area contributed by atoms with Crippen LogP contribution in [0, 0.1) is 6.92 Å². The van der Waals surface area contributed by atoms with Gasteiger partial charge in [0, 0.05) is 6.61 Å². The molecule has 0 spiro atoms. The molecular formula is C11H15BF3O2-. The van der Waals surface area contributed by atoms with Crippen molar-refractivity contribution in [2.45, 2.75) is 13.8 Å². The summed E-state index contributed by atoms with van der Waals surface area (Å²) in [7, 11) is 0. The number of aryl methyl sites for hydroxylation is 1. The second-order valence-corrected chi connectivity index (χ2v) is 3.66. The van der Waals surface area contributed by atoms with E-state index in [1.807, 2.05) is 6.92 Å². The van der Waals surface area contributed by atoms with Gasteiger partial charge in [-0.25, -0.2) is 0 Å². The van der Waals surface area contributed by atoms with Gasteiger partial charge in [0.25, 0.3) is 0 Å². The fourth-order valence-electron chi connectivity index (χ4n) is 1.41. The van der Waals surface area contributed by atoms with Gasteiger partial charge >= 0.3 is 6.98 Å². The van der Waals surface area contributed by atoms with Crippen LogP contribution in [0.15, 0.2) is 18.2 Å². The summed E-state index contributed by atoms with van der Waals surface area (Å²) in [5, 5.41) is 0. The van der Waals surface area contributed by atoms with Gasteiger partial charge in [-0.15, -0.1) is 0 Å². The Hall–Kier alpha value is -1.17. The van der Waals surface area contributed by atoms with Crippen molar-refractivity contribution in [2.24, 2.45) is 0 Å². The van der Waals surface area contributed by atoms with E-state index in [1.165, 1.54) is 6.07 Å². The number of hydrogen-bond acceptors (Lipinski definition) is 2. The largest absolute Gasteiger partial charge is 0.513 e. The summed E-state index contributed by atoms with van der Waals surface area (Å²) < 4.78 is 48.4. The van der Waals surface area contributed by atoms with Gasteiger partial charge in [-0.1, -0.05) is 23.2 Å². The molecule has 96 valence electrons. The van der Waals surface area contributed by atoms with Gasteiger partial charge < -0.3 is 22.4 Å². The maximum absolute atomic E-state index is 12.8. The minimum atomic E-state index is -5.05. The lowest BCUT2D eigenvalue weighted by atomic mass is 9.78. The Morgan fingerprint density at radius 1 is 1.18 bits per heavy atom. The molecular weight excluding hydrogens is 232 g/mol. The first-order chi connectivity index (χ1) is 7.95. The van der Waals surface area contributed by atoms with Crippen molar-refractivity contribution in [3.05, 3.63) is 23.8 Å². The molecule has 1 aromatic carbocycles. The molecule has 17 heavy (non-hydrogen) atoms. The van der Waals surface area contributed by atoms with Gasteiger partial charge in [0.2, 0.25) is 0 Å². The lowest BCUT2D eigenvalue weighted by molar-refractivity contribution is 0.110. The van der Waals surface area contributed by atoms with E-state index in [0.717, 1.165) is 6.07 Å². The van der Waals surface area contributed by atoms with Crippen LogP contribution < -0.4 is 10.2 Å². The molecule has 0 saturated heterocycles. The van der Waals surface area contributed by atoms with Crippen molar-refractivity contribution in [1.29, 1.82) is 0 Å². The first-order valence-electron chi connectivity index (χ1n) is 5.46. The van der Waals surface area contributed by atoms with Gasteiger partial charge in [-0.2, -0.15) is 0 Å². The highest BCUT2D eigenvalue weighted by molar-refractivity contribution is 6.74. The number of hydrogen-bond donors (Lipinski definition) is 0. The van der Waals surface area contributed by atoms with Crippen LogP contribution in [-0.2, 0) is 4.74 Å². The van der Waals surface area contributed by atoms with E-state index >= 15 is 0 Å². The second-order valence-electron chi connectivity index (χ2n) is 3.66. The third-order valence-corrected chi connectivity index (χ3v) is 2.21. The molecule has 0 aliphatic carbocycles. The summed E-state index contributed by atoms with van der Waals surface area (Å²) in [5.41, 5.74) is -0.113. The maximum Gasteiger partial charge on any atom is 0.513 e. The first-order valence-corrected chi connectivity index (χ1v) is 5.46. The van der Waals surface area contributed by atoms with Crippen molar-refractivity contribution < 1.29 is 22.4 Å². The number of halogens is 3. The van der Waals surface area contributed by atoms with Crippen molar-refractivity contribution in [3.8, 4) is 5.75 Å². The standard InChI is InChI=1S/C11H15BF3O2/c1-3-16-6-7-17-11-5-4-9(2)8-10(11)12(13,14)15/h4-5,8H,3,6-7H2,1-2H3/q-1. The molecule has 0 amide bonds. The zero-order valence-corrected chi connectivity index (χ0v) is 9.88. The van der Waals surface area contributed by atoms with E-state index < -0.39 is 12.4 Å². The van der Waals surface area contributed by atoms with E-state index in [1.54, 1.807) is 13.0 Å². The minimum Gasteiger partial charge on any atom is -0.494 e. The number of ether oxygens (including phenoxy) is 2. The number of benzene rings is 1. The molecule has 0 aromatic heterocycles. The molecule has 1 aromatic rings. The SMILES string of the molecule is CCOCCOc1ccc(C)cc1[B-](F)(F)F. The summed E-state index contributed by atoms with van der Waals surface area (Å²) in [4.78, 5) is 0. The average Bonchev–Trinajstić information content (AvgIpc) is 2.25. The molecule has 2 nitrogen and oxygen atoms in total. The van der Waals surface area contributed by atoms with Crippen molar-refractivity contribution in [1.82, 2.24) is 0 Å². The Labute approximate surface area is 98.8 Å². The van der Waals surface area contributed by atoms with Gasteiger partial charge in [0.15, 0.2) is 0 Å². The van der Waals surface area contributed by atoms with Crippen molar-refractivity contribution >= 4 is 12.4 Å². The fourth-order valence-corrected chi connectivity index (χ4v) is 1.41. The molecule has 1 rings (SSSR count). The summed E-state index contributed by atoms with van der Waals surface area (Å²) >= 11 is 0. The van der Waals surface area contributed by atoms with Crippen LogP contribution in [0.1, 0.15) is 12.5 Å². The zero-order chi connectivity index (χ0) is 12.9. The molecule has 0 bridgehead atoms. The molecule has 0 radical (unpaired) electrons. The van der Waals surface area contributed by atoms with Crippen LogP contribution in [0.25, 0.3) is 0 Å². The highest BCUT2D eigenvalue weighted by atomic mass is 19.4. The van der Waals surface area contributed by atoms with Crippen LogP contribution in [0.3, 0.4) is 0 Å². The molecule has 0 saturated carbocycles. The Balaban J connectivity index is 2.77. The molecule has 0 unspecified atom stereocenters. The molecule has 0 atom stereocenters. The Morgan fingerprint density at radius 3 is 2.47 bits per heavy atom. The zero-order valence-electron chi connectivity index (χ0n) is 9.88. The van der Waals surface area contributed by atoms with E-state index in [9.17, 15) is 12.9 Å². The molecule has 0 aliphatic heterocycles. The maximum atomic E-state index is 12.8. The topological polar surface area (TPSA) is 18.5 Å². The normalized spacial score (nSPS) is 11.6. The predicted molar refractivity (Wildman–Crippen MR) is 61.9 cm³/mol. The lowest BCUT2D eigenvalue weighted by Gasteiger charge is -2.20. The molecule has 6 heteroatoms. The summed E-state index contributed by atoms with van der Waals surface area (Å²) in [6, 6.07) is 4.06. The van der Waals surface area contributed by atoms with E-state index in [4.69, 9.17) is 9.47 Å². The molecule has 0 N–H and O–H groups in total. The smallest absolute Gasteiger partial charge is 0.494 e. The highest BCUT2D eigenvalue weighted by Gasteiger charge is 2.29. The van der Waals surface area contributed by atoms with Crippen LogP contribution in [0.4, 0.5) is 12.9 Å². The average molecular weight is 247 g/mol. The third-order valence-electron chi connectivity index (χ3n) is 2.21. The van der Waals surface area contributed by atoms with Crippen molar-refractivity contribution in [2.75, 3.05) is 19.8 Å². The van der Waals surface area contributed by atoms with Gasteiger partial charge in [-0.05, 0) is 19.9 Å². The van der Waals surface area contributed by atoms with E-state index in [0.29, 0.717) is 12.2 Å². The quantitative estimate of drug-likeness (QED) is 0.567. The monoisotopic (exact) mass is 247 g/mol. The van der Waals surface area contributed by atoms with E-state index in [2.05, 4.69) is 0 Å². The second kappa shape index (κ2) is 5.96. The van der Waals surface area contributed by atoms with Crippen LogP contribution in [0.5, 0.6) is 5.75 Å². The summed E-state index contributed by atoms with van der Waals surface area (Å²) in [6.45, 7) is -0.683. The van der Waals surface area contributed by atoms with Crippen molar-refractivity contribution in [3.63, 3.8) is 0 Å². The van der Waals surface area contributed by atoms with Gasteiger partial charge in [-0.3, -0.25) is 0 Å². The lowest BCUT2D eigenvalue weighted by Crippen LogP contribution is -2.35. The van der Waals surface area contributed by atoms with E-state index in [-0.39, 0.29) is 19.0 Å². The highest BCUT2D eigenvalue weighted by Crippen LogP contribution is 2.18. The Bertz CT molecular complexity index is 366. The molecule has 0 aliphatic rings. The molecule has 0 fully saturated rings. The summed E-state index contributed by atoms with van der Waals surface area (Å²) in [6.07, 6.45) is 0. The van der Waals surface area contributed by atoms with Gasteiger partial charge in [0.05, 0.1) is 12.4 Å². The minimum absolute atomic E-state index is 0.121. The fraction of sp³-hybridized carbons (Fsp3) is 0.455. The van der Waals surface area contributed by atoms with Gasteiger partial charge in [0.1, 0.15) is 6.61 Å². The summed E-state index contributed by atoms with van der Waals surface area (Å²) in [5.74, 6) is -0.122. The Morgan fingerprint density at radius 2 is 1.88 bits per heavy atom. The molecule has 0 heterocycles. The Kier molecular flexibility index (Phi) is 4.87. The van der Waals surface area contributed by atoms with Crippen LogP contribution in [0.2, 0.25) is 0 Å². The number of rotatable bonds is 6. The van der Waals surface area contributed by atoms with Crippen LogP contribution >= 0.6 is 0 Å². The predicted octanol–water partition coefficient (Wildman–Crippen LogP) is 2.46. The van der Waals surface area contributed by atoms with Crippen LogP contribution in [-0.4, -0.2) is 26.8 Å².